The second-order valence-corrected chi connectivity index (χ2v) is 26.9. The first-order chi connectivity index (χ1) is 37.2. The molecule has 77 heavy (non-hydrogen) atoms. The lowest BCUT2D eigenvalue weighted by atomic mass is 9.79. The largest absolute Gasteiger partial charge is 0.359 e. The van der Waals surface area contributed by atoms with Gasteiger partial charge in [-0.1, -0.05) is 213 Å². The van der Waals surface area contributed by atoms with Crippen LogP contribution in [-0.4, -0.2) is 0 Å². The number of nitrogens with one attached hydrogen (secondary N) is 1. The van der Waals surface area contributed by atoms with E-state index in [4.69, 9.17) is 0 Å². The van der Waals surface area contributed by atoms with Gasteiger partial charge in [0.1, 0.15) is 6.17 Å². The Morgan fingerprint density at radius 1 is 0.403 bits per heavy atom. The molecular weight excluding hydrogens is 949 g/mol. The van der Waals surface area contributed by atoms with Crippen LogP contribution >= 0.6 is 10.0 Å². The molecule has 2 nitrogen and oxygen atoms in total. The summed E-state index contributed by atoms with van der Waals surface area (Å²) in [6.45, 7) is 18.8. The zero-order valence-electron chi connectivity index (χ0n) is 45.5. The Hall–Kier alpha value is -8.11. The van der Waals surface area contributed by atoms with Crippen LogP contribution in [0.25, 0.3) is 54.9 Å². The van der Waals surface area contributed by atoms with Crippen LogP contribution < -0.4 is 10.2 Å². The Labute approximate surface area is 457 Å². The number of hydrogen-bond acceptors (Lipinski definition) is 2. The lowest BCUT2D eigenvalue weighted by molar-refractivity contribution is 0.590. The monoisotopic (exact) mass is 1010 g/mol. The van der Waals surface area contributed by atoms with Crippen LogP contribution in [0.4, 0.5) is 17.1 Å². The molecule has 0 saturated carbocycles. The minimum atomic E-state index is -2.00. The van der Waals surface area contributed by atoms with Crippen LogP contribution in [0.15, 0.2) is 262 Å². The van der Waals surface area contributed by atoms with Crippen molar-refractivity contribution in [3.8, 4) is 33.4 Å². The molecule has 0 amide bonds. The van der Waals surface area contributed by atoms with Gasteiger partial charge in [-0.05, 0) is 179 Å². The summed E-state index contributed by atoms with van der Waals surface area (Å²) in [4.78, 5) is 7.73. The Balaban J connectivity index is 1.02. The number of benzene rings is 11. The normalized spacial score (nSPS) is 15.0. The number of rotatable bonds is 8. The zero-order chi connectivity index (χ0) is 52.8. The van der Waals surface area contributed by atoms with Gasteiger partial charge in [-0.3, -0.25) is 0 Å². The maximum atomic E-state index is 3.83. The first-order valence-electron chi connectivity index (χ1n) is 27.3. The van der Waals surface area contributed by atoms with Gasteiger partial charge >= 0.3 is 0 Å². The van der Waals surface area contributed by atoms with Crippen LogP contribution in [0.5, 0.6) is 0 Å². The van der Waals surface area contributed by atoms with Crippen molar-refractivity contribution in [2.24, 2.45) is 0 Å². The smallest absolute Gasteiger partial charge is 0.130 e. The summed E-state index contributed by atoms with van der Waals surface area (Å²) >= 11 is 0. The molecule has 1 aliphatic carbocycles. The van der Waals surface area contributed by atoms with Crippen LogP contribution in [0.3, 0.4) is 0 Å². The van der Waals surface area contributed by atoms with E-state index in [9.17, 15) is 0 Å². The Bertz CT molecular complexity index is 3990. The summed E-state index contributed by atoms with van der Waals surface area (Å²) in [5, 5.41) is 8.89. The molecule has 13 rings (SSSR count). The maximum absolute atomic E-state index is 3.83. The van der Waals surface area contributed by atoms with E-state index in [0.29, 0.717) is 0 Å². The topological polar surface area (TPSA) is 15.3 Å². The van der Waals surface area contributed by atoms with Gasteiger partial charge in [-0.25, -0.2) is 0 Å². The van der Waals surface area contributed by atoms with E-state index < -0.39 is 10.0 Å². The van der Waals surface area contributed by atoms with Crippen LogP contribution in [0, 0.1) is 0 Å². The van der Waals surface area contributed by atoms with Crippen molar-refractivity contribution >= 4 is 48.6 Å². The fraction of sp³-hybridized carbons (Fsp3) is 0.162. The Morgan fingerprint density at radius 2 is 0.870 bits per heavy atom. The van der Waals surface area contributed by atoms with Crippen molar-refractivity contribution in [3.63, 3.8) is 0 Å². The van der Waals surface area contributed by atoms with Gasteiger partial charge in [0.2, 0.25) is 0 Å². The molecule has 1 unspecified atom stereocenters. The Morgan fingerprint density at radius 3 is 1.44 bits per heavy atom. The average molecular weight is 1020 g/mol. The minimum Gasteiger partial charge on any atom is -0.359 e. The summed E-state index contributed by atoms with van der Waals surface area (Å²) in [5.74, 6) is 0. The first-order valence-corrected chi connectivity index (χ1v) is 29.0. The molecule has 2 aliphatic rings. The van der Waals surface area contributed by atoms with Gasteiger partial charge < -0.3 is 10.2 Å². The van der Waals surface area contributed by atoms with Gasteiger partial charge in [0.25, 0.3) is 0 Å². The van der Waals surface area contributed by atoms with Crippen molar-refractivity contribution in [2.75, 3.05) is 10.2 Å². The van der Waals surface area contributed by atoms with Gasteiger partial charge in [-0.2, -0.15) is 0 Å². The highest BCUT2D eigenvalue weighted by Crippen LogP contribution is 2.74. The summed E-state index contributed by atoms with van der Waals surface area (Å²) in [5.41, 5.74) is 17.6. The molecule has 1 heterocycles. The molecule has 0 aromatic heterocycles. The summed E-state index contributed by atoms with van der Waals surface area (Å²) < 4.78 is 0. The van der Waals surface area contributed by atoms with E-state index in [1.807, 2.05) is 0 Å². The second-order valence-electron chi connectivity index (χ2n) is 23.8. The molecule has 11 aromatic carbocycles. The van der Waals surface area contributed by atoms with Gasteiger partial charge in [0, 0.05) is 30.7 Å². The summed E-state index contributed by atoms with van der Waals surface area (Å²) in [6.07, 6.45) is -0.0256. The molecule has 0 saturated heterocycles. The van der Waals surface area contributed by atoms with Crippen LogP contribution in [-0.2, 0) is 16.2 Å². The average Bonchev–Trinajstić information content (AvgIpc) is 4.09. The second kappa shape index (κ2) is 18.3. The first kappa shape index (κ1) is 48.5. The van der Waals surface area contributed by atoms with Gasteiger partial charge in [-0.15, -0.1) is 10.0 Å². The quantitative estimate of drug-likeness (QED) is 0.153. The van der Waals surface area contributed by atoms with Crippen LogP contribution in [0.2, 0.25) is 0 Å². The molecule has 1 atom stereocenters. The number of para-hydroxylation sites is 2. The molecule has 378 valence electrons. The third-order valence-electron chi connectivity index (χ3n) is 16.7. The summed E-state index contributed by atoms with van der Waals surface area (Å²) in [7, 11) is -2.00. The maximum Gasteiger partial charge on any atom is 0.130 e. The van der Waals surface area contributed by atoms with Gasteiger partial charge in [0.05, 0.1) is 11.4 Å². The fourth-order valence-corrected chi connectivity index (χ4v) is 16.5. The third kappa shape index (κ3) is 7.92. The van der Waals surface area contributed by atoms with E-state index in [1.54, 1.807) is 0 Å². The fourth-order valence-electron chi connectivity index (χ4n) is 12.7. The molecule has 0 spiro atoms. The molecule has 1 N–H and O–H groups in total. The number of nitrogens with zero attached hydrogens (tertiary/aromatic N) is 1. The van der Waals surface area contributed by atoms with Crippen molar-refractivity contribution in [2.45, 2.75) is 97.4 Å². The summed E-state index contributed by atoms with van der Waals surface area (Å²) in [6, 6.07) is 92.3. The third-order valence-corrected chi connectivity index (χ3v) is 20.6. The van der Waals surface area contributed by atoms with E-state index in [-0.39, 0.29) is 22.4 Å². The molecule has 0 fully saturated rings. The van der Waals surface area contributed by atoms with E-state index in [0.717, 1.165) is 11.4 Å². The predicted molar refractivity (Wildman–Crippen MR) is 329 cm³/mol. The molecule has 1 aliphatic heterocycles. The van der Waals surface area contributed by atoms with E-state index in [2.05, 4.69) is 308 Å². The van der Waals surface area contributed by atoms with E-state index >= 15 is 0 Å². The van der Waals surface area contributed by atoms with Gasteiger partial charge in [0.15, 0.2) is 0 Å². The zero-order valence-corrected chi connectivity index (χ0v) is 46.3. The van der Waals surface area contributed by atoms with E-state index in [1.165, 1.54) is 108 Å². The number of fused-ring (bicyclic) bond motifs is 6. The van der Waals surface area contributed by atoms with Crippen molar-refractivity contribution in [1.29, 1.82) is 0 Å². The highest BCUT2D eigenvalue weighted by atomic mass is 32.3. The number of hydrogen-bond donors (Lipinski definition) is 1. The molecule has 0 bridgehead atoms. The minimum absolute atomic E-state index is 0.0256. The number of anilines is 3. The SMILES string of the molecule is CC(C)(C)c1ccc2c(-c3ccc(S(c4ccccc4)(c4ccccc4)c4ccc5c(c4)-c4ccccc4C5(C)C)cc3)c3cc(C(C)(C)C)ccc3c(-c3ccc(N4c5ccccc5NC4c4ccccc4)cc3)c2c1. The lowest BCUT2D eigenvalue weighted by Gasteiger charge is -2.42. The van der Waals surface area contributed by atoms with Crippen molar-refractivity contribution in [1.82, 2.24) is 0 Å². The molecule has 11 aromatic rings. The van der Waals surface area contributed by atoms with Crippen LogP contribution in [0.1, 0.15) is 89.4 Å². The lowest BCUT2D eigenvalue weighted by Crippen LogP contribution is -2.23. The molecular formula is C74H66N2S. The standard InChI is InChI=1S/C74H66N2S/c1-72(2,3)52-37-44-61-63(46-52)69(49-32-38-54(39-33-49)76-68-31-21-20-30-67(68)75-71(76)51-22-12-9-13-23-51)60-43-36-53(73(4,5)6)47-64(60)70(61)50-34-40-57(41-35-50)77(55-24-14-10-15-25-55,56-26-16-11-17-27-56)58-42-45-66-62(48-58)59-28-18-19-29-65(59)74(66,7)8/h9-48,71,75H,1-8H3. The molecule has 0 radical (unpaired) electrons. The van der Waals surface area contributed by atoms with Crippen molar-refractivity contribution in [3.05, 3.63) is 270 Å². The van der Waals surface area contributed by atoms with Crippen molar-refractivity contribution < 1.29 is 0 Å². The Kier molecular flexibility index (Phi) is 11.5. The highest BCUT2D eigenvalue weighted by Gasteiger charge is 2.39. The predicted octanol–water partition coefficient (Wildman–Crippen LogP) is 20.8. The molecule has 3 heteroatoms. The highest BCUT2D eigenvalue weighted by molar-refractivity contribution is 8.34.